The van der Waals surface area contributed by atoms with Gasteiger partial charge in [0.15, 0.2) is 0 Å². The van der Waals surface area contributed by atoms with Crippen molar-refractivity contribution in [1.82, 2.24) is 10.6 Å². The van der Waals surface area contributed by atoms with E-state index in [1.54, 1.807) is 0 Å². The van der Waals surface area contributed by atoms with Crippen LogP contribution in [0, 0.1) is 12.3 Å². The lowest BCUT2D eigenvalue weighted by Crippen LogP contribution is -2.46. The van der Waals surface area contributed by atoms with Gasteiger partial charge >= 0.3 is 0 Å². The summed E-state index contributed by atoms with van der Waals surface area (Å²) in [6, 6.07) is -0.0641. The van der Waals surface area contributed by atoms with Crippen molar-refractivity contribution in [2.45, 2.75) is 39.3 Å². The number of terminal acetylenes is 1. The largest absolute Gasteiger partial charge is 0.350 e. The third-order valence-electron chi connectivity index (χ3n) is 1.33. The summed E-state index contributed by atoms with van der Waals surface area (Å²) < 4.78 is 0. The molecule has 1 atom stereocenters. The first-order valence-corrected chi connectivity index (χ1v) is 4.35. The van der Waals surface area contributed by atoms with Crippen molar-refractivity contribution in [3.8, 4) is 12.3 Å². The van der Waals surface area contributed by atoms with E-state index < -0.39 is 0 Å². The minimum atomic E-state index is -0.182. The maximum Gasteiger partial charge on any atom is 0.234 e. The summed E-state index contributed by atoms with van der Waals surface area (Å²) in [5.41, 5.74) is -0.182. The Morgan fingerprint density at radius 1 is 1.54 bits per heavy atom. The SMILES string of the molecule is C#CC(C)NCC(=O)NC(C)(C)C. The van der Waals surface area contributed by atoms with Crippen LogP contribution >= 0.6 is 0 Å². The summed E-state index contributed by atoms with van der Waals surface area (Å²) in [7, 11) is 0. The fourth-order valence-electron chi connectivity index (χ4n) is 0.767. The Bertz CT molecular complexity index is 210. The molecule has 0 aromatic heterocycles. The molecule has 74 valence electrons. The van der Waals surface area contributed by atoms with Gasteiger partial charge in [0.1, 0.15) is 0 Å². The van der Waals surface area contributed by atoms with Crippen molar-refractivity contribution in [2.75, 3.05) is 6.54 Å². The maximum atomic E-state index is 11.2. The van der Waals surface area contributed by atoms with Crippen LogP contribution in [0.2, 0.25) is 0 Å². The van der Waals surface area contributed by atoms with Gasteiger partial charge in [-0.05, 0) is 27.7 Å². The minimum Gasteiger partial charge on any atom is -0.350 e. The van der Waals surface area contributed by atoms with Gasteiger partial charge in [-0.25, -0.2) is 0 Å². The highest BCUT2D eigenvalue weighted by atomic mass is 16.2. The van der Waals surface area contributed by atoms with Gasteiger partial charge in [-0.3, -0.25) is 10.1 Å². The van der Waals surface area contributed by atoms with Crippen LogP contribution in [0.25, 0.3) is 0 Å². The second-order valence-corrected chi connectivity index (χ2v) is 4.07. The molecule has 0 aromatic rings. The third-order valence-corrected chi connectivity index (χ3v) is 1.33. The number of carbonyl (C=O) groups excluding carboxylic acids is 1. The van der Waals surface area contributed by atoms with E-state index in [-0.39, 0.29) is 24.0 Å². The molecule has 0 rings (SSSR count). The monoisotopic (exact) mass is 182 g/mol. The second-order valence-electron chi connectivity index (χ2n) is 4.07. The zero-order valence-electron chi connectivity index (χ0n) is 8.77. The van der Waals surface area contributed by atoms with Crippen LogP contribution in [-0.4, -0.2) is 24.0 Å². The molecule has 0 aromatic carbocycles. The number of hydrogen-bond donors (Lipinski definition) is 2. The summed E-state index contributed by atoms with van der Waals surface area (Å²) in [6.45, 7) is 7.92. The Morgan fingerprint density at radius 2 is 2.08 bits per heavy atom. The summed E-state index contributed by atoms with van der Waals surface area (Å²) in [5.74, 6) is 2.46. The van der Waals surface area contributed by atoms with E-state index in [1.165, 1.54) is 0 Å². The van der Waals surface area contributed by atoms with Crippen molar-refractivity contribution in [1.29, 1.82) is 0 Å². The first-order chi connectivity index (χ1) is 5.85. The van der Waals surface area contributed by atoms with E-state index in [9.17, 15) is 4.79 Å². The molecule has 0 radical (unpaired) electrons. The first kappa shape index (κ1) is 12.0. The Morgan fingerprint density at radius 3 is 2.46 bits per heavy atom. The summed E-state index contributed by atoms with van der Waals surface area (Å²) in [5, 5.41) is 5.74. The van der Waals surface area contributed by atoms with Crippen LogP contribution in [0.1, 0.15) is 27.7 Å². The quantitative estimate of drug-likeness (QED) is 0.624. The van der Waals surface area contributed by atoms with Gasteiger partial charge in [-0.1, -0.05) is 5.92 Å². The van der Waals surface area contributed by atoms with E-state index in [2.05, 4.69) is 16.6 Å². The van der Waals surface area contributed by atoms with Crippen LogP contribution in [-0.2, 0) is 4.79 Å². The molecule has 0 saturated heterocycles. The number of carbonyl (C=O) groups is 1. The number of hydrogen-bond acceptors (Lipinski definition) is 2. The molecule has 0 aliphatic carbocycles. The normalized spacial score (nSPS) is 13.2. The minimum absolute atomic E-state index is 0.0328. The van der Waals surface area contributed by atoms with Crippen molar-refractivity contribution < 1.29 is 4.79 Å². The summed E-state index contributed by atoms with van der Waals surface area (Å²) in [6.07, 6.45) is 5.14. The van der Waals surface area contributed by atoms with Crippen LogP contribution in [0.15, 0.2) is 0 Å². The molecule has 0 heterocycles. The van der Waals surface area contributed by atoms with Crippen molar-refractivity contribution in [3.63, 3.8) is 0 Å². The fraction of sp³-hybridized carbons (Fsp3) is 0.700. The predicted molar refractivity (Wildman–Crippen MR) is 54.2 cm³/mol. The molecule has 0 aliphatic rings. The molecule has 0 spiro atoms. The summed E-state index contributed by atoms with van der Waals surface area (Å²) in [4.78, 5) is 11.2. The van der Waals surface area contributed by atoms with Gasteiger partial charge in [0.25, 0.3) is 0 Å². The van der Waals surface area contributed by atoms with E-state index >= 15 is 0 Å². The topological polar surface area (TPSA) is 41.1 Å². The second kappa shape index (κ2) is 4.88. The Hall–Kier alpha value is -1.01. The van der Waals surface area contributed by atoms with Crippen LogP contribution in [0.3, 0.4) is 0 Å². The van der Waals surface area contributed by atoms with E-state index in [4.69, 9.17) is 6.42 Å². The number of rotatable bonds is 3. The van der Waals surface area contributed by atoms with E-state index in [0.717, 1.165) is 0 Å². The lowest BCUT2D eigenvalue weighted by molar-refractivity contribution is -0.121. The lowest BCUT2D eigenvalue weighted by Gasteiger charge is -2.20. The van der Waals surface area contributed by atoms with Gasteiger partial charge < -0.3 is 5.32 Å². The van der Waals surface area contributed by atoms with Gasteiger partial charge in [-0.15, -0.1) is 6.42 Å². The average Bonchev–Trinajstić information content (AvgIpc) is 1.97. The predicted octanol–water partition coefficient (Wildman–Crippen LogP) is 0.512. The van der Waals surface area contributed by atoms with Gasteiger partial charge in [0.2, 0.25) is 5.91 Å². The molecule has 13 heavy (non-hydrogen) atoms. The zero-order chi connectivity index (χ0) is 10.5. The average molecular weight is 182 g/mol. The van der Waals surface area contributed by atoms with Crippen molar-refractivity contribution in [3.05, 3.63) is 0 Å². The van der Waals surface area contributed by atoms with Gasteiger partial charge in [0, 0.05) is 5.54 Å². The van der Waals surface area contributed by atoms with Gasteiger partial charge in [0.05, 0.1) is 12.6 Å². The smallest absolute Gasteiger partial charge is 0.234 e. The fourth-order valence-corrected chi connectivity index (χ4v) is 0.767. The molecule has 1 amide bonds. The maximum absolute atomic E-state index is 11.2. The molecule has 3 nitrogen and oxygen atoms in total. The first-order valence-electron chi connectivity index (χ1n) is 4.35. The van der Waals surface area contributed by atoms with E-state index in [0.29, 0.717) is 0 Å². The Kier molecular flexibility index (Phi) is 4.50. The highest BCUT2D eigenvalue weighted by Crippen LogP contribution is 1.97. The van der Waals surface area contributed by atoms with Gasteiger partial charge in [-0.2, -0.15) is 0 Å². The van der Waals surface area contributed by atoms with E-state index in [1.807, 2.05) is 27.7 Å². The van der Waals surface area contributed by atoms with Crippen LogP contribution in [0.5, 0.6) is 0 Å². The van der Waals surface area contributed by atoms with Crippen molar-refractivity contribution >= 4 is 5.91 Å². The number of amides is 1. The molecule has 1 unspecified atom stereocenters. The molecule has 0 aliphatic heterocycles. The lowest BCUT2D eigenvalue weighted by atomic mass is 10.1. The van der Waals surface area contributed by atoms with Crippen LogP contribution < -0.4 is 10.6 Å². The molecule has 0 fully saturated rings. The highest BCUT2D eigenvalue weighted by Gasteiger charge is 2.13. The molecule has 0 saturated carbocycles. The zero-order valence-corrected chi connectivity index (χ0v) is 8.77. The van der Waals surface area contributed by atoms with Crippen LogP contribution in [0.4, 0.5) is 0 Å². The number of nitrogens with one attached hydrogen (secondary N) is 2. The Balaban J connectivity index is 3.72. The van der Waals surface area contributed by atoms with Crippen molar-refractivity contribution in [2.24, 2.45) is 0 Å². The third kappa shape index (κ3) is 7.35. The molecular formula is C10H18N2O. The summed E-state index contributed by atoms with van der Waals surface area (Å²) >= 11 is 0. The molecule has 0 bridgehead atoms. The Labute approximate surface area is 80.3 Å². The molecule has 2 N–H and O–H groups in total. The standard InChI is InChI=1S/C10H18N2O/c1-6-8(2)11-7-9(13)12-10(3,4)5/h1,8,11H,7H2,2-5H3,(H,12,13). The molecule has 3 heteroatoms. The molecular weight excluding hydrogens is 164 g/mol. The highest BCUT2D eigenvalue weighted by molar-refractivity contribution is 5.78.